The van der Waals surface area contributed by atoms with Crippen molar-refractivity contribution in [2.75, 3.05) is 0 Å². The molecular weight excluding hydrogens is 542 g/mol. The predicted molar refractivity (Wildman–Crippen MR) is 107 cm³/mol. The number of carbonyl (C=O) groups is 4. The van der Waals surface area contributed by atoms with E-state index in [2.05, 4.69) is 0 Å². The van der Waals surface area contributed by atoms with E-state index in [4.69, 9.17) is 23.2 Å². The van der Waals surface area contributed by atoms with Crippen LogP contribution in [0.4, 0.5) is 0 Å². The van der Waals surface area contributed by atoms with Crippen LogP contribution in [-0.4, -0.2) is 23.1 Å². The van der Waals surface area contributed by atoms with Gasteiger partial charge in [-0.2, -0.15) is 0 Å². The molecule has 0 unspecified atom stereocenters. The van der Waals surface area contributed by atoms with Gasteiger partial charge in [0.05, 0.1) is 24.8 Å². The fourth-order valence-corrected chi connectivity index (χ4v) is 2.02. The van der Waals surface area contributed by atoms with E-state index in [0.717, 1.165) is 12.8 Å². The Morgan fingerprint density at radius 3 is 1.07 bits per heavy atom. The van der Waals surface area contributed by atoms with Crippen LogP contribution in [0.3, 0.4) is 0 Å². The summed E-state index contributed by atoms with van der Waals surface area (Å²) in [7, 11) is 0. The van der Waals surface area contributed by atoms with Gasteiger partial charge in [-0.15, -0.1) is 0 Å². The minimum Gasteiger partial charge on any atom is -0.271 e. The Morgan fingerprint density at radius 2 is 0.862 bits per heavy atom. The Labute approximate surface area is 206 Å². The SMILES string of the molecule is CC(=O)[CH+]C(=O)c1ccc(Cl)cc1.CC(=O)[CH+]C(=O)c1ccc(Cl)cc1.[ClH2+].[ClH2+].[Mo]. The van der Waals surface area contributed by atoms with Crippen LogP contribution in [-0.2, 0) is 30.7 Å². The maximum atomic E-state index is 11.2. The Balaban J connectivity index is -0.000000422. The molecule has 0 aliphatic carbocycles. The summed E-state index contributed by atoms with van der Waals surface area (Å²) in [5, 5.41) is 1.14. The minimum atomic E-state index is -0.288. The van der Waals surface area contributed by atoms with E-state index in [0.29, 0.717) is 21.2 Å². The van der Waals surface area contributed by atoms with Gasteiger partial charge in [0.25, 0.3) is 0 Å². The Morgan fingerprint density at radius 1 is 0.621 bits per heavy atom. The quantitative estimate of drug-likeness (QED) is 0.234. The Kier molecular flexibility index (Phi) is 18.4. The van der Waals surface area contributed by atoms with Gasteiger partial charge in [-0.05, 0) is 24.3 Å². The molecule has 0 aromatic heterocycles. The number of hydrogen-bond donors (Lipinski definition) is 0. The van der Waals surface area contributed by atoms with Crippen LogP contribution >= 0.6 is 23.2 Å². The number of Topliss-reactive ketones (excluding diaryl/α,β-unsaturated/α-hetero) is 4. The smallest absolute Gasteiger partial charge is 0.271 e. The van der Waals surface area contributed by atoms with E-state index < -0.39 is 0 Å². The second-order valence-electron chi connectivity index (χ2n) is 5.25. The van der Waals surface area contributed by atoms with Crippen molar-refractivity contribution >= 4 is 46.3 Å². The fourth-order valence-electron chi connectivity index (χ4n) is 1.76. The molecular formula is C20H20Cl4MoO4+4. The molecule has 0 spiro atoms. The number of halogens is 4. The maximum Gasteiger partial charge on any atom is 0.345 e. The molecule has 0 saturated carbocycles. The first kappa shape index (κ1) is 32.4. The van der Waals surface area contributed by atoms with Crippen molar-refractivity contribution in [2.24, 2.45) is 0 Å². The molecule has 0 fully saturated rings. The van der Waals surface area contributed by atoms with Crippen LogP contribution in [0.1, 0.15) is 34.6 Å². The van der Waals surface area contributed by atoms with Crippen molar-refractivity contribution in [1.29, 1.82) is 0 Å². The van der Waals surface area contributed by atoms with E-state index in [1.165, 1.54) is 13.8 Å². The third-order valence-corrected chi connectivity index (χ3v) is 3.43. The summed E-state index contributed by atoms with van der Waals surface area (Å²) in [5.74, 6) is -1.08. The molecule has 9 heteroatoms. The largest absolute Gasteiger partial charge is 0.345 e. The standard InChI is InChI=1S/2C10H8ClO2.2ClH2.Mo/c2*1-7(12)6-10(13)8-2-4-9(11)5-3-8;;;/h2*2-6H,1H3;2*1H2;/q4*+1;. The van der Waals surface area contributed by atoms with Gasteiger partial charge in [-0.3, -0.25) is 9.59 Å². The molecule has 2 rings (SSSR count). The molecule has 154 valence electrons. The van der Waals surface area contributed by atoms with Gasteiger partial charge in [0.2, 0.25) is 11.6 Å². The molecule has 0 bridgehead atoms. The van der Waals surface area contributed by atoms with Crippen LogP contribution in [0.25, 0.3) is 0 Å². The topological polar surface area (TPSA) is 68.3 Å². The summed E-state index contributed by atoms with van der Waals surface area (Å²) in [6.07, 6.45) is 2.12. The van der Waals surface area contributed by atoms with Crippen LogP contribution in [0, 0.1) is 37.7 Å². The maximum absolute atomic E-state index is 11.2. The first-order valence-electron chi connectivity index (χ1n) is 7.49. The Hall–Kier alpha value is -1.29. The summed E-state index contributed by atoms with van der Waals surface area (Å²) in [4.78, 5) is 43.7. The van der Waals surface area contributed by atoms with Gasteiger partial charge in [-0.25, -0.2) is 9.59 Å². The molecule has 0 aliphatic heterocycles. The van der Waals surface area contributed by atoms with Gasteiger partial charge in [0.15, 0.2) is 24.0 Å². The van der Waals surface area contributed by atoms with Crippen LogP contribution in [0.2, 0.25) is 10.0 Å². The zero-order chi connectivity index (χ0) is 19.7. The molecule has 29 heavy (non-hydrogen) atoms. The van der Waals surface area contributed by atoms with E-state index in [1.54, 1.807) is 48.5 Å². The molecule has 4 nitrogen and oxygen atoms in total. The molecule has 0 heterocycles. The van der Waals surface area contributed by atoms with Crippen molar-refractivity contribution in [3.05, 3.63) is 82.5 Å². The first-order chi connectivity index (χ1) is 12.2. The molecule has 2 aromatic carbocycles. The summed E-state index contributed by atoms with van der Waals surface area (Å²) in [6, 6.07) is 12.8. The van der Waals surface area contributed by atoms with Gasteiger partial charge in [0, 0.05) is 69.2 Å². The van der Waals surface area contributed by atoms with Gasteiger partial charge >= 0.3 is 11.6 Å². The predicted octanol–water partition coefficient (Wildman–Crippen LogP) is 3.56. The monoisotopic (exact) mass is 562 g/mol. The second kappa shape index (κ2) is 16.5. The van der Waals surface area contributed by atoms with Gasteiger partial charge in [-0.1, -0.05) is 23.2 Å². The average Bonchev–Trinajstić information content (AvgIpc) is 2.55. The molecule has 0 radical (unpaired) electrons. The van der Waals surface area contributed by atoms with E-state index >= 15 is 0 Å². The molecule has 0 aliphatic rings. The van der Waals surface area contributed by atoms with Crippen LogP contribution < -0.4 is 0 Å². The number of carbonyl (C=O) groups excluding carboxylic acids is 4. The number of rotatable bonds is 6. The third kappa shape index (κ3) is 13.5. The van der Waals surface area contributed by atoms with Crippen molar-refractivity contribution in [1.82, 2.24) is 0 Å². The second-order valence-corrected chi connectivity index (χ2v) is 6.13. The molecule has 0 N–H and O–H groups in total. The van der Waals surface area contributed by atoms with Crippen LogP contribution in [0.5, 0.6) is 0 Å². The molecule has 0 atom stereocenters. The number of benzene rings is 2. The summed E-state index contributed by atoms with van der Waals surface area (Å²) >= 11 is 11.3. The average molecular weight is 562 g/mol. The Bertz CT molecular complexity index is 737. The van der Waals surface area contributed by atoms with Crippen molar-refractivity contribution < 1.29 is 65.1 Å². The minimum absolute atomic E-state index is 0. The van der Waals surface area contributed by atoms with Crippen molar-refractivity contribution in [2.45, 2.75) is 13.8 Å². The summed E-state index contributed by atoms with van der Waals surface area (Å²) < 4.78 is 0. The van der Waals surface area contributed by atoms with Gasteiger partial charge in [0.1, 0.15) is 0 Å². The third-order valence-electron chi connectivity index (χ3n) is 2.93. The first-order valence-corrected chi connectivity index (χ1v) is 8.25. The van der Waals surface area contributed by atoms with Crippen molar-refractivity contribution in [3.63, 3.8) is 0 Å². The molecule has 2 aromatic rings. The van der Waals surface area contributed by atoms with Gasteiger partial charge < -0.3 is 0 Å². The fraction of sp³-hybridized carbons (Fsp3) is 0.100. The molecule has 0 amide bonds. The summed E-state index contributed by atoms with van der Waals surface area (Å²) in [6.45, 7) is 2.68. The van der Waals surface area contributed by atoms with E-state index in [1.807, 2.05) is 0 Å². The van der Waals surface area contributed by atoms with E-state index in [9.17, 15) is 19.2 Å². The summed E-state index contributed by atoms with van der Waals surface area (Å²) in [5.41, 5.74) is 0.944. The van der Waals surface area contributed by atoms with Crippen LogP contribution in [0.15, 0.2) is 48.5 Å². The normalized spacial score (nSPS) is 8.41. The number of hydrogen-bond acceptors (Lipinski definition) is 4. The van der Waals surface area contributed by atoms with Crippen molar-refractivity contribution in [3.8, 4) is 0 Å². The molecule has 0 saturated heterocycles. The van der Waals surface area contributed by atoms with E-state index in [-0.39, 0.29) is 69.0 Å². The zero-order valence-electron chi connectivity index (χ0n) is 15.5. The number of ketones is 4. The zero-order valence-corrected chi connectivity index (χ0v) is 20.8.